The van der Waals surface area contributed by atoms with Gasteiger partial charge in [0.05, 0.1) is 17.7 Å². The summed E-state index contributed by atoms with van der Waals surface area (Å²) in [5.41, 5.74) is 6.76. The smallest absolute Gasteiger partial charge is 0.327 e. The molecular formula is C19H22N4O5. The van der Waals surface area contributed by atoms with Crippen molar-refractivity contribution in [1.82, 2.24) is 21.3 Å². The van der Waals surface area contributed by atoms with Gasteiger partial charge in [0.25, 0.3) is 0 Å². The van der Waals surface area contributed by atoms with Crippen molar-refractivity contribution in [2.75, 3.05) is 0 Å². The Morgan fingerprint density at radius 3 is 2.43 bits per heavy atom. The van der Waals surface area contributed by atoms with Gasteiger partial charge in [-0.2, -0.15) is 0 Å². The zero-order valence-electron chi connectivity index (χ0n) is 15.7. The molecule has 3 rings (SSSR count). The van der Waals surface area contributed by atoms with E-state index in [1.54, 1.807) is 24.3 Å². The van der Waals surface area contributed by atoms with Crippen LogP contribution in [0.5, 0.6) is 5.75 Å². The number of aryl methyl sites for hydroxylation is 2. The summed E-state index contributed by atoms with van der Waals surface area (Å²) in [6, 6.07) is 7.09. The fourth-order valence-corrected chi connectivity index (χ4v) is 2.46. The molecule has 0 radical (unpaired) electrons. The molecule has 0 spiro atoms. The molecule has 1 heterocycles. The molecule has 0 saturated heterocycles. The number of aromatic nitrogens is 1. The molecule has 1 saturated carbocycles. The molecule has 1 aromatic carbocycles. The standard InChI is InChI=1S/C19H22N4O5/c1-11-16(12(2)28-23-11)10-27-15-7-3-13(4-8-15)9-17(24)21-22-19(26)18(25)20-14-5-6-14/h3-4,7-8,14H,5-6,9-10H2,1-2H3,(H,20,25)(H,21,24)(H,22,26). The van der Waals surface area contributed by atoms with Gasteiger partial charge in [0, 0.05) is 6.04 Å². The number of carbonyl (C=O) groups is 3. The van der Waals surface area contributed by atoms with Gasteiger partial charge < -0.3 is 14.6 Å². The van der Waals surface area contributed by atoms with Crippen molar-refractivity contribution in [1.29, 1.82) is 0 Å². The van der Waals surface area contributed by atoms with E-state index in [9.17, 15) is 14.4 Å². The van der Waals surface area contributed by atoms with Crippen LogP contribution in [-0.2, 0) is 27.4 Å². The number of rotatable bonds is 6. The molecule has 1 aliphatic carbocycles. The largest absolute Gasteiger partial charge is 0.489 e. The Balaban J connectivity index is 1.42. The maximum absolute atomic E-state index is 11.9. The van der Waals surface area contributed by atoms with Gasteiger partial charge in [0.2, 0.25) is 5.91 Å². The lowest BCUT2D eigenvalue weighted by atomic mass is 10.1. The summed E-state index contributed by atoms with van der Waals surface area (Å²) in [5.74, 6) is -0.698. The molecule has 0 atom stereocenters. The second kappa shape index (κ2) is 8.55. The number of hydrazine groups is 1. The van der Waals surface area contributed by atoms with Crippen LogP contribution in [0.2, 0.25) is 0 Å². The lowest BCUT2D eigenvalue weighted by Gasteiger charge is -2.09. The van der Waals surface area contributed by atoms with Crippen molar-refractivity contribution in [3.05, 3.63) is 46.8 Å². The maximum atomic E-state index is 11.9. The molecule has 148 valence electrons. The second-order valence-corrected chi connectivity index (χ2v) is 6.66. The van der Waals surface area contributed by atoms with Crippen molar-refractivity contribution < 1.29 is 23.6 Å². The average molecular weight is 386 g/mol. The van der Waals surface area contributed by atoms with E-state index in [1.807, 2.05) is 13.8 Å². The molecule has 3 N–H and O–H groups in total. The van der Waals surface area contributed by atoms with Crippen LogP contribution in [0.25, 0.3) is 0 Å². The first-order valence-corrected chi connectivity index (χ1v) is 8.95. The minimum absolute atomic E-state index is 0.0503. The average Bonchev–Trinajstić information content (AvgIpc) is 3.43. The third kappa shape index (κ3) is 5.32. The molecule has 1 aromatic heterocycles. The van der Waals surface area contributed by atoms with Gasteiger partial charge in [-0.15, -0.1) is 0 Å². The van der Waals surface area contributed by atoms with Gasteiger partial charge in [0.15, 0.2) is 0 Å². The third-order valence-corrected chi connectivity index (χ3v) is 4.29. The SMILES string of the molecule is Cc1noc(C)c1COc1ccc(CC(=O)NNC(=O)C(=O)NC2CC2)cc1. The van der Waals surface area contributed by atoms with Gasteiger partial charge in [0.1, 0.15) is 18.1 Å². The molecule has 9 heteroatoms. The Labute approximate surface area is 161 Å². The van der Waals surface area contributed by atoms with E-state index in [1.165, 1.54) is 0 Å². The molecule has 1 aliphatic rings. The van der Waals surface area contributed by atoms with E-state index >= 15 is 0 Å². The Kier molecular flexibility index (Phi) is 5.93. The normalized spacial score (nSPS) is 12.9. The van der Waals surface area contributed by atoms with E-state index in [0.717, 1.165) is 35.4 Å². The van der Waals surface area contributed by atoms with Crippen molar-refractivity contribution in [3.63, 3.8) is 0 Å². The van der Waals surface area contributed by atoms with Gasteiger partial charge in [-0.3, -0.25) is 25.2 Å². The number of nitrogens with zero attached hydrogens (tertiary/aromatic N) is 1. The Morgan fingerprint density at radius 1 is 1.11 bits per heavy atom. The Hall–Kier alpha value is -3.36. The quantitative estimate of drug-likeness (QED) is 0.499. The number of hydrogen-bond donors (Lipinski definition) is 3. The lowest BCUT2D eigenvalue weighted by molar-refractivity contribution is -0.140. The van der Waals surface area contributed by atoms with Crippen LogP contribution < -0.4 is 20.9 Å². The highest BCUT2D eigenvalue weighted by Gasteiger charge is 2.26. The second-order valence-electron chi connectivity index (χ2n) is 6.66. The summed E-state index contributed by atoms with van der Waals surface area (Å²) in [7, 11) is 0. The summed E-state index contributed by atoms with van der Waals surface area (Å²) in [6.07, 6.45) is 1.81. The summed E-state index contributed by atoms with van der Waals surface area (Å²) in [6.45, 7) is 4.02. The highest BCUT2D eigenvalue weighted by Crippen LogP contribution is 2.19. The fraction of sp³-hybridized carbons (Fsp3) is 0.368. The third-order valence-electron chi connectivity index (χ3n) is 4.29. The monoisotopic (exact) mass is 386 g/mol. The summed E-state index contributed by atoms with van der Waals surface area (Å²) in [4.78, 5) is 35.0. The Morgan fingerprint density at radius 2 is 1.82 bits per heavy atom. The van der Waals surface area contributed by atoms with Crippen molar-refractivity contribution in [2.45, 2.75) is 45.8 Å². The lowest BCUT2D eigenvalue weighted by Crippen LogP contribution is -2.49. The topological polar surface area (TPSA) is 123 Å². The van der Waals surface area contributed by atoms with Crippen LogP contribution in [0.3, 0.4) is 0 Å². The molecule has 0 bridgehead atoms. The van der Waals surface area contributed by atoms with Crippen LogP contribution in [-0.4, -0.2) is 28.9 Å². The van der Waals surface area contributed by atoms with Crippen LogP contribution >= 0.6 is 0 Å². The number of hydrogen-bond acceptors (Lipinski definition) is 6. The number of nitrogens with one attached hydrogen (secondary N) is 3. The molecule has 2 aromatic rings. The van der Waals surface area contributed by atoms with Gasteiger partial charge in [-0.25, -0.2) is 0 Å². The van der Waals surface area contributed by atoms with Crippen LogP contribution in [0.4, 0.5) is 0 Å². The van der Waals surface area contributed by atoms with Crippen LogP contribution in [0.15, 0.2) is 28.8 Å². The zero-order valence-corrected chi connectivity index (χ0v) is 15.7. The molecular weight excluding hydrogens is 364 g/mol. The highest BCUT2D eigenvalue weighted by atomic mass is 16.5. The highest BCUT2D eigenvalue weighted by molar-refractivity contribution is 6.35. The predicted molar refractivity (Wildman–Crippen MR) is 97.9 cm³/mol. The molecule has 1 fully saturated rings. The maximum Gasteiger partial charge on any atom is 0.327 e. The van der Waals surface area contributed by atoms with E-state index in [2.05, 4.69) is 21.3 Å². The van der Waals surface area contributed by atoms with Crippen LogP contribution in [0, 0.1) is 13.8 Å². The zero-order chi connectivity index (χ0) is 20.1. The van der Waals surface area contributed by atoms with E-state index < -0.39 is 17.7 Å². The van der Waals surface area contributed by atoms with Crippen molar-refractivity contribution in [3.8, 4) is 5.75 Å². The van der Waals surface area contributed by atoms with E-state index in [4.69, 9.17) is 9.26 Å². The minimum atomic E-state index is -0.886. The van der Waals surface area contributed by atoms with Crippen LogP contribution in [0.1, 0.15) is 35.4 Å². The van der Waals surface area contributed by atoms with E-state index in [0.29, 0.717) is 12.4 Å². The molecule has 0 aliphatic heterocycles. The van der Waals surface area contributed by atoms with Gasteiger partial charge in [-0.05, 0) is 44.4 Å². The first kappa shape index (κ1) is 19.4. The minimum Gasteiger partial charge on any atom is -0.489 e. The summed E-state index contributed by atoms with van der Waals surface area (Å²) in [5, 5.41) is 6.41. The van der Waals surface area contributed by atoms with Crippen molar-refractivity contribution >= 4 is 17.7 Å². The molecule has 28 heavy (non-hydrogen) atoms. The number of benzene rings is 1. The van der Waals surface area contributed by atoms with E-state index in [-0.39, 0.29) is 12.5 Å². The van der Waals surface area contributed by atoms with Gasteiger partial charge >= 0.3 is 11.8 Å². The molecule has 3 amide bonds. The summed E-state index contributed by atoms with van der Waals surface area (Å²) < 4.78 is 10.8. The number of amides is 3. The predicted octanol–water partition coefficient (Wildman–Crippen LogP) is 0.839. The Bertz CT molecular complexity index is 851. The molecule has 0 unspecified atom stereocenters. The number of carbonyl (C=O) groups excluding carboxylic acids is 3. The fourth-order valence-electron chi connectivity index (χ4n) is 2.46. The first-order valence-electron chi connectivity index (χ1n) is 8.95. The van der Waals surface area contributed by atoms with Gasteiger partial charge in [-0.1, -0.05) is 17.3 Å². The number of ether oxygens (including phenoxy) is 1. The summed E-state index contributed by atoms with van der Waals surface area (Å²) >= 11 is 0. The molecule has 9 nitrogen and oxygen atoms in total. The van der Waals surface area contributed by atoms with Crippen molar-refractivity contribution in [2.24, 2.45) is 0 Å². The first-order chi connectivity index (χ1) is 13.4.